The van der Waals surface area contributed by atoms with Gasteiger partial charge in [-0.2, -0.15) is 5.26 Å². The van der Waals surface area contributed by atoms with E-state index in [0.29, 0.717) is 5.75 Å². The lowest BCUT2D eigenvalue weighted by Crippen LogP contribution is -2.26. The van der Waals surface area contributed by atoms with Crippen LogP contribution in [-0.4, -0.2) is 23.3 Å². The molecule has 0 radical (unpaired) electrons. The number of aromatic nitrogens is 1. The number of hydrogen-bond donors (Lipinski definition) is 1. The van der Waals surface area contributed by atoms with Crippen LogP contribution in [0.3, 0.4) is 0 Å². The molecule has 1 N–H and O–H groups in total. The molecule has 1 aliphatic heterocycles. The van der Waals surface area contributed by atoms with Gasteiger partial charge in [0.15, 0.2) is 11.5 Å². The molecule has 0 atom stereocenters. The van der Waals surface area contributed by atoms with E-state index in [2.05, 4.69) is 9.88 Å². The standard InChI is InChI=1S/C20H19N3O3/c1-12-7-14(8-15(10-21)20(24)22-16-3-4-16)13(2)23(12)17-5-6-18-19(9-17)26-11-25-18/h5-9,16H,3-4,11H2,1-2H3,(H,22,24)/b15-8+. The summed E-state index contributed by atoms with van der Waals surface area (Å²) >= 11 is 0. The van der Waals surface area contributed by atoms with Crippen molar-refractivity contribution in [2.75, 3.05) is 6.79 Å². The number of aryl methyl sites for hydroxylation is 1. The van der Waals surface area contributed by atoms with Gasteiger partial charge in [0.1, 0.15) is 11.6 Å². The third kappa shape index (κ3) is 2.93. The van der Waals surface area contributed by atoms with E-state index in [1.807, 2.05) is 44.2 Å². The zero-order chi connectivity index (χ0) is 18.3. The number of carbonyl (C=O) groups is 1. The highest BCUT2D eigenvalue weighted by atomic mass is 16.7. The Hall–Kier alpha value is -3.20. The largest absolute Gasteiger partial charge is 0.454 e. The van der Waals surface area contributed by atoms with Crippen molar-refractivity contribution < 1.29 is 14.3 Å². The van der Waals surface area contributed by atoms with Crippen molar-refractivity contribution in [3.8, 4) is 23.3 Å². The Balaban J connectivity index is 1.69. The minimum absolute atomic E-state index is 0.128. The molecule has 1 aromatic heterocycles. The predicted molar refractivity (Wildman–Crippen MR) is 96.1 cm³/mol. The summed E-state index contributed by atoms with van der Waals surface area (Å²) in [4.78, 5) is 12.2. The molecule has 0 saturated heterocycles. The van der Waals surface area contributed by atoms with Gasteiger partial charge >= 0.3 is 0 Å². The third-order valence-corrected chi connectivity index (χ3v) is 4.66. The summed E-state index contributed by atoms with van der Waals surface area (Å²) < 4.78 is 12.9. The maximum Gasteiger partial charge on any atom is 0.262 e. The number of carbonyl (C=O) groups excluding carboxylic acids is 1. The second kappa shape index (κ2) is 6.26. The van der Waals surface area contributed by atoms with Crippen LogP contribution in [0.15, 0.2) is 29.8 Å². The fraction of sp³-hybridized carbons (Fsp3) is 0.300. The molecule has 1 aromatic carbocycles. The Bertz CT molecular complexity index is 961. The highest BCUT2D eigenvalue weighted by Crippen LogP contribution is 2.35. The summed E-state index contributed by atoms with van der Waals surface area (Å²) in [6, 6.07) is 9.99. The number of nitrogens with one attached hydrogen (secondary N) is 1. The van der Waals surface area contributed by atoms with E-state index < -0.39 is 0 Å². The average molecular weight is 349 g/mol. The zero-order valence-corrected chi connectivity index (χ0v) is 14.7. The van der Waals surface area contributed by atoms with Crippen molar-refractivity contribution in [1.29, 1.82) is 5.26 Å². The van der Waals surface area contributed by atoms with E-state index in [9.17, 15) is 10.1 Å². The molecule has 4 rings (SSSR count). The van der Waals surface area contributed by atoms with Crippen molar-refractivity contribution in [1.82, 2.24) is 9.88 Å². The van der Waals surface area contributed by atoms with Crippen LogP contribution in [0, 0.1) is 25.2 Å². The molecule has 2 aromatic rings. The van der Waals surface area contributed by atoms with Gasteiger partial charge in [0.2, 0.25) is 6.79 Å². The van der Waals surface area contributed by atoms with Gasteiger partial charge in [-0.3, -0.25) is 4.79 Å². The molecule has 0 unspecified atom stereocenters. The lowest BCUT2D eigenvalue weighted by molar-refractivity contribution is -0.117. The van der Waals surface area contributed by atoms with Crippen molar-refractivity contribution in [2.45, 2.75) is 32.7 Å². The van der Waals surface area contributed by atoms with Crippen LogP contribution in [0.2, 0.25) is 0 Å². The van der Waals surface area contributed by atoms with Crippen molar-refractivity contribution in [2.24, 2.45) is 0 Å². The van der Waals surface area contributed by atoms with Crippen molar-refractivity contribution in [3.05, 3.63) is 46.8 Å². The predicted octanol–water partition coefficient (Wildman–Crippen LogP) is 3.01. The van der Waals surface area contributed by atoms with Gasteiger partial charge in [0, 0.05) is 29.2 Å². The smallest absolute Gasteiger partial charge is 0.262 e. The number of rotatable bonds is 4. The maximum atomic E-state index is 12.2. The first-order valence-corrected chi connectivity index (χ1v) is 8.58. The van der Waals surface area contributed by atoms with Crippen LogP contribution in [0.25, 0.3) is 11.8 Å². The highest BCUT2D eigenvalue weighted by molar-refractivity contribution is 6.02. The van der Waals surface area contributed by atoms with Gasteiger partial charge in [0.05, 0.1) is 0 Å². The topological polar surface area (TPSA) is 76.3 Å². The summed E-state index contributed by atoms with van der Waals surface area (Å²) in [5, 5.41) is 12.2. The molecule has 2 heterocycles. The molecule has 1 fully saturated rings. The summed E-state index contributed by atoms with van der Waals surface area (Å²) in [5.74, 6) is 1.15. The number of nitrogens with zero attached hydrogens (tertiary/aromatic N) is 2. The molecule has 26 heavy (non-hydrogen) atoms. The minimum Gasteiger partial charge on any atom is -0.454 e. The Morgan fingerprint density at radius 2 is 2.04 bits per heavy atom. The van der Waals surface area contributed by atoms with Crippen LogP contribution in [-0.2, 0) is 4.79 Å². The van der Waals surface area contributed by atoms with E-state index in [1.165, 1.54) is 0 Å². The van der Waals surface area contributed by atoms with Crippen molar-refractivity contribution >= 4 is 12.0 Å². The molecule has 1 amide bonds. The number of benzene rings is 1. The zero-order valence-electron chi connectivity index (χ0n) is 14.7. The number of ether oxygens (including phenoxy) is 2. The molecule has 2 aliphatic rings. The van der Waals surface area contributed by atoms with Gasteiger partial charge in [-0.1, -0.05) is 0 Å². The van der Waals surface area contributed by atoms with Crippen LogP contribution in [0.4, 0.5) is 0 Å². The Labute approximate surface area is 151 Å². The lowest BCUT2D eigenvalue weighted by atomic mass is 10.1. The van der Waals surface area contributed by atoms with Crippen LogP contribution in [0.5, 0.6) is 11.5 Å². The average Bonchev–Trinajstić information content (AvgIpc) is 3.23. The first kappa shape index (κ1) is 16.3. The first-order valence-electron chi connectivity index (χ1n) is 8.58. The Kier molecular flexibility index (Phi) is 3.92. The van der Waals surface area contributed by atoms with Gasteiger partial charge in [-0.15, -0.1) is 0 Å². The van der Waals surface area contributed by atoms with Crippen LogP contribution >= 0.6 is 0 Å². The second-order valence-corrected chi connectivity index (χ2v) is 6.62. The van der Waals surface area contributed by atoms with Crippen LogP contribution < -0.4 is 14.8 Å². The Morgan fingerprint density at radius 3 is 2.77 bits per heavy atom. The summed E-state index contributed by atoms with van der Waals surface area (Å²) in [6.07, 6.45) is 3.63. The second-order valence-electron chi connectivity index (χ2n) is 6.62. The summed E-state index contributed by atoms with van der Waals surface area (Å²) in [5.41, 5.74) is 3.89. The summed E-state index contributed by atoms with van der Waals surface area (Å²) in [7, 11) is 0. The molecule has 132 valence electrons. The summed E-state index contributed by atoms with van der Waals surface area (Å²) in [6.45, 7) is 4.19. The quantitative estimate of drug-likeness (QED) is 0.680. The molecular weight excluding hydrogens is 330 g/mol. The molecule has 0 bridgehead atoms. The van der Waals surface area contributed by atoms with E-state index in [0.717, 1.165) is 41.2 Å². The maximum absolute atomic E-state index is 12.2. The fourth-order valence-electron chi connectivity index (χ4n) is 3.15. The van der Waals surface area contributed by atoms with Gasteiger partial charge in [-0.05, 0) is 56.5 Å². The molecule has 1 aliphatic carbocycles. The fourth-order valence-corrected chi connectivity index (χ4v) is 3.15. The molecule has 1 saturated carbocycles. The monoisotopic (exact) mass is 349 g/mol. The number of fused-ring (bicyclic) bond motifs is 1. The number of hydrogen-bond acceptors (Lipinski definition) is 4. The van der Waals surface area contributed by atoms with E-state index in [1.54, 1.807) is 6.08 Å². The molecule has 6 nitrogen and oxygen atoms in total. The molecule has 6 heteroatoms. The molecular formula is C20H19N3O3. The normalized spacial score (nSPS) is 15.7. The Morgan fingerprint density at radius 1 is 1.27 bits per heavy atom. The van der Waals surface area contributed by atoms with E-state index >= 15 is 0 Å². The highest BCUT2D eigenvalue weighted by Gasteiger charge is 2.25. The van der Waals surface area contributed by atoms with Gasteiger partial charge in [0.25, 0.3) is 5.91 Å². The lowest BCUT2D eigenvalue weighted by Gasteiger charge is -2.10. The van der Waals surface area contributed by atoms with Crippen LogP contribution in [0.1, 0.15) is 29.8 Å². The SMILES string of the molecule is Cc1cc(/C=C(\C#N)C(=O)NC2CC2)c(C)n1-c1ccc2c(c1)OCO2. The first-order chi connectivity index (χ1) is 12.6. The van der Waals surface area contributed by atoms with Gasteiger partial charge < -0.3 is 19.4 Å². The third-order valence-electron chi connectivity index (χ3n) is 4.66. The van der Waals surface area contributed by atoms with Crippen molar-refractivity contribution in [3.63, 3.8) is 0 Å². The van der Waals surface area contributed by atoms with Gasteiger partial charge in [-0.25, -0.2) is 0 Å². The number of nitriles is 1. The van der Waals surface area contributed by atoms with E-state index in [4.69, 9.17) is 9.47 Å². The molecule has 0 spiro atoms. The minimum atomic E-state index is -0.303. The van der Waals surface area contributed by atoms with E-state index in [-0.39, 0.29) is 24.3 Å². The number of amides is 1.